The molecule has 1 aliphatic rings. The molecule has 0 aliphatic heterocycles. The van der Waals surface area contributed by atoms with Gasteiger partial charge >= 0.3 is 5.97 Å². The highest BCUT2D eigenvalue weighted by Gasteiger charge is 2.23. The second-order valence-corrected chi connectivity index (χ2v) is 4.80. The molecular formula is C13H19N3O2. The molecule has 0 aromatic carbocycles. The fraction of sp³-hybridized carbons (Fsp3) is 0.615. The topological polar surface area (TPSA) is 75.1 Å². The lowest BCUT2D eigenvalue weighted by Crippen LogP contribution is -2.27. The molecule has 1 fully saturated rings. The number of aromatic nitrogens is 2. The van der Waals surface area contributed by atoms with Crippen LogP contribution in [0.2, 0.25) is 0 Å². The van der Waals surface area contributed by atoms with Crippen LogP contribution < -0.4 is 5.32 Å². The Kier molecular flexibility index (Phi) is 4.12. The first kappa shape index (κ1) is 12.8. The average Bonchev–Trinajstić information content (AvgIpc) is 2.90. The van der Waals surface area contributed by atoms with Gasteiger partial charge in [-0.1, -0.05) is 19.8 Å². The second-order valence-electron chi connectivity index (χ2n) is 4.80. The number of hydrogen-bond donors (Lipinski definition) is 2. The molecule has 98 valence electrons. The number of carboxylic acids is 1. The molecule has 1 saturated carbocycles. The number of rotatable bonds is 5. The van der Waals surface area contributed by atoms with Crippen LogP contribution in [0.3, 0.4) is 0 Å². The van der Waals surface area contributed by atoms with Gasteiger partial charge in [0.1, 0.15) is 5.82 Å². The second kappa shape index (κ2) is 5.80. The van der Waals surface area contributed by atoms with Crippen LogP contribution in [0.4, 0.5) is 5.82 Å². The Labute approximate surface area is 107 Å². The van der Waals surface area contributed by atoms with Crippen LogP contribution in [0.5, 0.6) is 0 Å². The highest BCUT2D eigenvalue weighted by Crippen LogP contribution is 2.30. The molecule has 1 unspecified atom stereocenters. The van der Waals surface area contributed by atoms with E-state index in [1.165, 1.54) is 38.1 Å². The molecule has 1 aliphatic carbocycles. The molecule has 1 aromatic heterocycles. The van der Waals surface area contributed by atoms with Gasteiger partial charge in [-0.25, -0.2) is 14.8 Å². The van der Waals surface area contributed by atoms with Crippen LogP contribution in [0.1, 0.15) is 49.5 Å². The summed E-state index contributed by atoms with van der Waals surface area (Å²) >= 11 is 0. The van der Waals surface area contributed by atoms with Gasteiger partial charge in [-0.3, -0.25) is 0 Å². The highest BCUT2D eigenvalue weighted by atomic mass is 16.4. The van der Waals surface area contributed by atoms with Crippen LogP contribution in [0.15, 0.2) is 12.4 Å². The van der Waals surface area contributed by atoms with Crippen molar-refractivity contribution in [1.29, 1.82) is 0 Å². The molecule has 1 heterocycles. The zero-order valence-electron chi connectivity index (χ0n) is 10.6. The first-order chi connectivity index (χ1) is 8.70. The first-order valence-corrected chi connectivity index (χ1v) is 6.52. The molecule has 1 atom stereocenters. The minimum Gasteiger partial charge on any atom is -0.476 e. The number of nitrogens with one attached hydrogen (secondary N) is 1. The molecule has 0 amide bonds. The number of hydrogen-bond acceptors (Lipinski definition) is 4. The van der Waals surface area contributed by atoms with Gasteiger partial charge in [0, 0.05) is 6.04 Å². The van der Waals surface area contributed by atoms with Crippen molar-refractivity contribution in [2.75, 3.05) is 5.32 Å². The van der Waals surface area contributed by atoms with E-state index in [0.717, 1.165) is 6.42 Å². The lowest BCUT2D eigenvalue weighted by atomic mass is 9.96. The highest BCUT2D eigenvalue weighted by molar-refractivity contribution is 5.84. The summed E-state index contributed by atoms with van der Waals surface area (Å²) in [6, 6.07) is 0.414. The molecule has 5 nitrogen and oxygen atoms in total. The summed E-state index contributed by atoms with van der Waals surface area (Å²) in [7, 11) is 0. The number of carboxylic acid groups (broad SMARTS) is 1. The standard InChI is InChI=1S/C13H19N3O2/c1-2-10(9-5-3-4-6-9)16-12-8-14-11(7-15-12)13(17)18/h7-10H,2-6H2,1H3,(H,15,16)(H,17,18). The molecule has 0 bridgehead atoms. The summed E-state index contributed by atoms with van der Waals surface area (Å²) in [5.41, 5.74) is -0.0190. The summed E-state index contributed by atoms with van der Waals surface area (Å²) in [5, 5.41) is 12.1. The smallest absolute Gasteiger partial charge is 0.356 e. The van der Waals surface area contributed by atoms with Crippen molar-refractivity contribution < 1.29 is 9.90 Å². The van der Waals surface area contributed by atoms with Gasteiger partial charge in [-0.2, -0.15) is 0 Å². The third kappa shape index (κ3) is 2.97. The summed E-state index contributed by atoms with van der Waals surface area (Å²) < 4.78 is 0. The Morgan fingerprint density at radius 3 is 2.67 bits per heavy atom. The zero-order chi connectivity index (χ0) is 13.0. The van der Waals surface area contributed by atoms with Gasteiger partial charge in [0.15, 0.2) is 5.69 Å². The van der Waals surface area contributed by atoms with Crippen LogP contribution in [0.25, 0.3) is 0 Å². The summed E-state index contributed by atoms with van der Waals surface area (Å²) in [5.74, 6) is 0.326. The Balaban J connectivity index is 2.00. The third-order valence-corrected chi connectivity index (χ3v) is 3.61. The SMILES string of the molecule is CCC(Nc1cnc(C(=O)O)cn1)C1CCCC1. The van der Waals surface area contributed by atoms with Crippen molar-refractivity contribution in [1.82, 2.24) is 9.97 Å². The normalized spacial score (nSPS) is 17.6. The number of anilines is 1. The van der Waals surface area contributed by atoms with Crippen LogP contribution in [-0.2, 0) is 0 Å². The van der Waals surface area contributed by atoms with Gasteiger partial charge in [-0.15, -0.1) is 0 Å². The van der Waals surface area contributed by atoms with Gasteiger partial charge in [0.05, 0.1) is 12.4 Å². The zero-order valence-corrected chi connectivity index (χ0v) is 10.6. The molecule has 1 aromatic rings. The van der Waals surface area contributed by atoms with E-state index in [4.69, 9.17) is 5.11 Å². The maximum atomic E-state index is 10.7. The number of carbonyl (C=O) groups is 1. The number of aromatic carboxylic acids is 1. The van der Waals surface area contributed by atoms with Gasteiger partial charge < -0.3 is 10.4 Å². The number of nitrogens with zero attached hydrogens (tertiary/aromatic N) is 2. The largest absolute Gasteiger partial charge is 0.476 e. The lowest BCUT2D eigenvalue weighted by molar-refractivity contribution is 0.0690. The summed E-state index contributed by atoms with van der Waals surface area (Å²) in [6.45, 7) is 2.16. The molecule has 18 heavy (non-hydrogen) atoms. The third-order valence-electron chi connectivity index (χ3n) is 3.61. The molecule has 2 N–H and O–H groups in total. The predicted molar refractivity (Wildman–Crippen MR) is 68.7 cm³/mol. The van der Waals surface area contributed by atoms with E-state index in [9.17, 15) is 4.79 Å². The Bertz CT molecular complexity index is 399. The minimum absolute atomic E-state index is 0.0190. The van der Waals surface area contributed by atoms with E-state index in [-0.39, 0.29) is 5.69 Å². The molecule has 0 saturated heterocycles. The molecule has 0 spiro atoms. The fourth-order valence-electron chi connectivity index (χ4n) is 2.62. The van der Waals surface area contributed by atoms with Crippen molar-refractivity contribution >= 4 is 11.8 Å². The van der Waals surface area contributed by atoms with Crippen molar-refractivity contribution in [3.8, 4) is 0 Å². The van der Waals surface area contributed by atoms with Crippen molar-refractivity contribution in [3.63, 3.8) is 0 Å². The Morgan fingerprint density at radius 1 is 1.44 bits per heavy atom. The van der Waals surface area contributed by atoms with Crippen LogP contribution in [-0.4, -0.2) is 27.1 Å². The molecular weight excluding hydrogens is 230 g/mol. The lowest BCUT2D eigenvalue weighted by Gasteiger charge is -2.23. The van der Waals surface area contributed by atoms with E-state index in [2.05, 4.69) is 22.2 Å². The van der Waals surface area contributed by atoms with Crippen molar-refractivity contribution in [2.45, 2.75) is 45.1 Å². The molecule has 0 radical (unpaired) electrons. The Hall–Kier alpha value is -1.65. The van der Waals surface area contributed by atoms with E-state index >= 15 is 0 Å². The van der Waals surface area contributed by atoms with Gasteiger partial charge in [0.2, 0.25) is 0 Å². The van der Waals surface area contributed by atoms with E-state index in [1.807, 2.05) is 0 Å². The quantitative estimate of drug-likeness (QED) is 0.838. The Morgan fingerprint density at radius 2 is 2.17 bits per heavy atom. The van der Waals surface area contributed by atoms with E-state index in [1.54, 1.807) is 0 Å². The maximum absolute atomic E-state index is 10.7. The van der Waals surface area contributed by atoms with Crippen molar-refractivity contribution in [2.24, 2.45) is 5.92 Å². The van der Waals surface area contributed by atoms with Crippen LogP contribution in [0, 0.1) is 5.92 Å². The summed E-state index contributed by atoms with van der Waals surface area (Å²) in [4.78, 5) is 18.6. The molecule has 2 rings (SSSR count). The average molecular weight is 249 g/mol. The van der Waals surface area contributed by atoms with Gasteiger partial charge in [-0.05, 0) is 25.2 Å². The monoisotopic (exact) mass is 249 g/mol. The minimum atomic E-state index is -1.04. The van der Waals surface area contributed by atoms with E-state index < -0.39 is 5.97 Å². The molecule has 5 heteroatoms. The first-order valence-electron chi connectivity index (χ1n) is 6.52. The van der Waals surface area contributed by atoms with E-state index in [0.29, 0.717) is 17.8 Å². The van der Waals surface area contributed by atoms with Gasteiger partial charge in [0.25, 0.3) is 0 Å². The van der Waals surface area contributed by atoms with Crippen molar-refractivity contribution in [3.05, 3.63) is 18.1 Å². The van der Waals surface area contributed by atoms with Crippen LogP contribution >= 0.6 is 0 Å². The summed E-state index contributed by atoms with van der Waals surface area (Å²) in [6.07, 6.45) is 9.01. The maximum Gasteiger partial charge on any atom is 0.356 e. The predicted octanol–water partition coefficient (Wildman–Crippen LogP) is 2.56. The fourth-order valence-corrected chi connectivity index (χ4v) is 2.62.